The fourth-order valence-corrected chi connectivity index (χ4v) is 9.93. The van der Waals surface area contributed by atoms with Crippen LogP contribution in [0.2, 0.25) is 0 Å². The van der Waals surface area contributed by atoms with Gasteiger partial charge in [0.25, 0.3) is 15.9 Å². The summed E-state index contributed by atoms with van der Waals surface area (Å²) in [5.74, 6) is -1.54. The highest BCUT2D eigenvalue weighted by molar-refractivity contribution is 7.91. The first-order chi connectivity index (χ1) is 21.0. The van der Waals surface area contributed by atoms with E-state index in [1.165, 1.54) is 22.7 Å². The molecule has 44 heavy (non-hydrogen) atoms. The third-order valence-corrected chi connectivity index (χ3v) is 12.7. The van der Waals surface area contributed by atoms with Crippen LogP contribution in [-0.4, -0.2) is 47.9 Å². The predicted octanol–water partition coefficient (Wildman–Crippen LogP) is 8.39. The Morgan fingerprint density at radius 3 is 2.73 bits per heavy atom. The normalized spacial score (nSPS) is 19.2. The molecule has 12 heteroatoms. The maximum absolute atomic E-state index is 14.7. The number of thiophene rings is 2. The quantitative estimate of drug-likeness (QED) is 0.173. The minimum Gasteiger partial charge on any atom is -0.366 e. The van der Waals surface area contributed by atoms with Crippen LogP contribution < -0.4 is 5.32 Å². The van der Waals surface area contributed by atoms with Crippen molar-refractivity contribution in [2.45, 2.75) is 56.2 Å². The SMILES string of the molecule is C=CC(F)(F)C1=CC(C)C=C1c1csc2c(N[C@@H](C)CC3CCN(S(=O)(=O)c4ccc(-c5cc(C)no5)s4)CC3)nccc12. The summed E-state index contributed by atoms with van der Waals surface area (Å²) < 4.78 is 64.2. The summed E-state index contributed by atoms with van der Waals surface area (Å²) in [6.45, 7) is 10.1. The Labute approximate surface area is 264 Å². The van der Waals surface area contributed by atoms with Crippen molar-refractivity contribution in [1.82, 2.24) is 14.4 Å². The Morgan fingerprint density at radius 1 is 1.25 bits per heavy atom. The van der Waals surface area contributed by atoms with Crippen molar-refractivity contribution in [1.29, 1.82) is 0 Å². The molecule has 1 unspecified atom stereocenters. The number of nitrogens with zero attached hydrogens (tertiary/aromatic N) is 3. The standard InChI is InChI=1S/C32H34F2N4O3S3/c1-5-32(33,34)26-15-19(2)14-24(26)25-18-42-30-23(25)8-11-35-31(30)36-20(3)16-22-9-12-38(13-10-22)44(39,40)29-7-6-28(43-29)27-17-21(4)37-41-27/h5-8,11,14-15,17-20,22H,1,9-10,12-13,16H2,2-4H3,(H,35,36)/t19?,20-/m0/s1. The van der Waals surface area contributed by atoms with Crippen LogP contribution in [-0.2, 0) is 10.0 Å². The average molecular weight is 657 g/mol. The van der Waals surface area contributed by atoms with E-state index >= 15 is 0 Å². The van der Waals surface area contributed by atoms with Crippen LogP contribution in [0, 0.1) is 18.8 Å². The zero-order valence-electron chi connectivity index (χ0n) is 24.7. The lowest BCUT2D eigenvalue weighted by molar-refractivity contribution is 0.103. The summed E-state index contributed by atoms with van der Waals surface area (Å²) in [6, 6.07) is 7.16. The van der Waals surface area contributed by atoms with Crippen molar-refractivity contribution in [3.05, 3.63) is 77.5 Å². The van der Waals surface area contributed by atoms with Gasteiger partial charge in [0, 0.05) is 47.9 Å². The number of rotatable bonds is 10. The lowest BCUT2D eigenvalue weighted by atomic mass is 9.91. The van der Waals surface area contributed by atoms with Gasteiger partial charge in [0.05, 0.1) is 15.3 Å². The first-order valence-corrected chi connectivity index (χ1v) is 17.7. The molecule has 4 aromatic heterocycles. The van der Waals surface area contributed by atoms with E-state index in [0.29, 0.717) is 40.6 Å². The van der Waals surface area contributed by atoms with E-state index in [1.807, 2.05) is 31.4 Å². The van der Waals surface area contributed by atoms with Crippen molar-refractivity contribution in [3.8, 4) is 10.6 Å². The molecule has 1 saturated heterocycles. The highest BCUT2D eigenvalue weighted by atomic mass is 32.2. The molecule has 1 aliphatic heterocycles. The maximum atomic E-state index is 14.7. The summed E-state index contributed by atoms with van der Waals surface area (Å²) in [4.78, 5) is 5.32. The second-order valence-electron chi connectivity index (χ2n) is 11.6. The molecule has 1 aliphatic carbocycles. The number of alkyl halides is 2. The summed E-state index contributed by atoms with van der Waals surface area (Å²) in [5, 5.41) is 10.3. The van der Waals surface area contributed by atoms with E-state index < -0.39 is 15.9 Å². The molecule has 0 amide bonds. The number of halogens is 2. The lowest BCUT2D eigenvalue weighted by Gasteiger charge is -2.32. The fraction of sp³-hybridized carbons (Fsp3) is 0.375. The average Bonchev–Trinajstić information content (AvgIpc) is 3.79. The molecule has 0 saturated carbocycles. The summed E-state index contributed by atoms with van der Waals surface area (Å²) in [7, 11) is -3.59. The molecule has 1 fully saturated rings. The summed E-state index contributed by atoms with van der Waals surface area (Å²) in [5.41, 5.74) is 2.07. The minimum absolute atomic E-state index is 0.00262. The number of aromatic nitrogens is 2. The van der Waals surface area contributed by atoms with Crippen LogP contribution >= 0.6 is 22.7 Å². The van der Waals surface area contributed by atoms with Gasteiger partial charge >= 0.3 is 0 Å². The number of anilines is 1. The summed E-state index contributed by atoms with van der Waals surface area (Å²) in [6.07, 6.45) is 8.30. The van der Waals surface area contributed by atoms with Gasteiger partial charge in [0.15, 0.2) is 5.76 Å². The Kier molecular flexibility index (Phi) is 8.38. The van der Waals surface area contributed by atoms with Crippen LogP contribution in [0.4, 0.5) is 14.6 Å². The number of nitrogens with one attached hydrogen (secondary N) is 1. The van der Waals surface area contributed by atoms with Crippen LogP contribution in [0.15, 0.2) is 75.0 Å². The Balaban J connectivity index is 1.09. The van der Waals surface area contributed by atoms with Crippen LogP contribution in [0.3, 0.4) is 0 Å². The number of sulfonamides is 1. The van der Waals surface area contributed by atoms with E-state index in [1.54, 1.807) is 34.8 Å². The van der Waals surface area contributed by atoms with Gasteiger partial charge in [-0.2, -0.15) is 13.1 Å². The maximum Gasteiger partial charge on any atom is 0.291 e. The molecule has 2 aliphatic rings. The van der Waals surface area contributed by atoms with E-state index in [0.717, 1.165) is 51.3 Å². The molecule has 2 atom stereocenters. The molecule has 0 bridgehead atoms. The van der Waals surface area contributed by atoms with E-state index in [4.69, 9.17) is 4.52 Å². The number of pyridine rings is 1. The molecule has 6 rings (SSSR count). The van der Waals surface area contributed by atoms with Crippen molar-refractivity contribution >= 4 is 54.2 Å². The van der Waals surface area contributed by atoms with E-state index in [-0.39, 0.29) is 17.5 Å². The molecule has 0 spiro atoms. The van der Waals surface area contributed by atoms with Gasteiger partial charge in [0.2, 0.25) is 0 Å². The molecule has 5 heterocycles. The van der Waals surface area contributed by atoms with E-state index in [2.05, 4.69) is 29.0 Å². The zero-order chi connectivity index (χ0) is 31.2. The Morgan fingerprint density at radius 2 is 2.02 bits per heavy atom. The minimum atomic E-state index is -3.59. The smallest absolute Gasteiger partial charge is 0.291 e. The molecule has 7 nitrogen and oxygen atoms in total. The van der Waals surface area contributed by atoms with Crippen LogP contribution in [0.1, 0.15) is 44.4 Å². The third-order valence-electron chi connectivity index (χ3n) is 8.23. The molecular formula is C32H34F2N4O3S3. The van der Waals surface area contributed by atoms with Gasteiger partial charge in [-0.1, -0.05) is 30.8 Å². The number of aryl methyl sites for hydroxylation is 1. The van der Waals surface area contributed by atoms with Gasteiger partial charge in [0.1, 0.15) is 10.0 Å². The Bertz CT molecular complexity index is 1860. The van der Waals surface area contributed by atoms with E-state index in [9.17, 15) is 17.2 Å². The monoisotopic (exact) mass is 656 g/mol. The molecule has 1 N–H and O–H groups in total. The number of fused-ring (bicyclic) bond motifs is 1. The van der Waals surface area contributed by atoms with Crippen molar-refractivity contribution < 1.29 is 21.7 Å². The number of allylic oxidation sites excluding steroid dienone is 5. The molecule has 232 valence electrons. The van der Waals surface area contributed by atoms with Crippen molar-refractivity contribution in [3.63, 3.8) is 0 Å². The fourth-order valence-electron chi connectivity index (χ4n) is 6.04. The van der Waals surface area contributed by atoms with Gasteiger partial charge in [-0.25, -0.2) is 13.4 Å². The first-order valence-electron chi connectivity index (χ1n) is 14.6. The second-order valence-corrected chi connectivity index (χ2v) is 15.7. The van der Waals surface area contributed by atoms with Crippen molar-refractivity contribution in [2.75, 3.05) is 18.4 Å². The van der Waals surface area contributed by atoms with Gasteiger partial charge in [-0.05, 0) is 80.2 Å². The highest BCUT2D eigenvalue weighted by Crippen LogP contribution is 2.46. The molecule has 0 aromatic carbocycles. The number of hydrogen-bond acceptors (Lipinski definition) is 8. The van der Waals surface area contributed by atoms with Gasteiger partial charge in [-0.3, -0.25) is 0 Å². The zero-order valence-corrected chi connectivity index (χ0v) is 27.2. The van der Waals surface area contributed by atoms with Crippen LogP contribution in [0.5, 0.6) is 0 Å². The summed E-state index contributed by atoms with van der Waals surface area (Å²) >= 11 is 2.69. The largest absolute Gasteiger partial charge is 0.366 e. The van der Waals surface area contributed by atoms with Gasteiger partial charge < -0.3 is 9.84 Å². The lowest BCUT2D eigenvalue weighted by Crippen LogP contribution is -2.39. The third kappa shape index (κ3) is 5.92. The van der Waals surface area contributed by atoms with Gasteiger partial charge in [-0.15, -0.1) is 22.7 Å². The topological polar surface area (TPSA) is 88.3 Å². The predicted molar refractivity (Wildman–Crippen MR) is 174 cm³/mol. The molecule has 4 aromatic rings. The van der Waals surface area contributed by atoms with Crippen molar-refractivity contribution in [2.24, 2.45) is 11.8 Å². The first kappa shape index (κ1) is 30.8. The number of piperidine rings is 1. The molecular weight excluding hydrogens is 623 g/mol. The molecule has 0 radical (unpaired) electrons. The second kappa shape index (κ2) is 12.0. The van der Waals surface area contributed by atoms with Crippen LogP contribution in [0.25, 0.3) is 26.3 Å². The highest BCUT2D eigenvalue weighted by Gasteiger charge is 2.37. The number of hydrogen-bond donors (Lipinski definition) is 1. The Hall–Kier alpha value is -3.19.